The van der Waals surface area contributed by atoms with E-state index >= 15 is 0 Å². The monoisotopic (exact) mass is 426 g/mol. The van der Waals surface area contributed by atoms with Crippen LogP contribution >= 0.6 is 0 Å². The number of aromatic nitrogens is 2. The van der Waals surface area contributed by atoms with Gasteiger partial charge in [-0.2, -0.15) is 0 Å². The van der Waals surface area contributed by atoms with E-state index in [4.69, 9.17) is 15.5 Å². The van der Waals surface area contributed by atoms with Gasteiger partial charge in [0.25, 0.3) is 15.9 Å². The Hall–Kier alpha value is -3.33. The molecule has 8 nitrogen and oxygen atoms in total. The Labute approximate surface area is 174 Å². The first-order valence-corrected chi connectivity index (χ1v) is 11.0. The fraction of sp³-hybridized carbons (Fsp3) is 0.238. The Morgan fingerprint density at radius 3 is 2.73 bits per heavy atom. The van der Waals surface area contributed by atoms with E-state index < -0.39 is 15.9 Å². The van der Waals surface area contributed by atoms with Gasteiger partial charge >= 0.3 is 0 Å². The van der Waals surface area contributed by atoms with Gasteiger partial charge in [0.2, 0.25) is 0 Å². The first-order chi connectivity index (χ1) is 14.4. The van der Waals surface area contributed by atoms with E-state index in [1.807, 2.05) is 18.3 Å². The molecule has 0 fully saturated rings. The van der Waals surface area contributed by atoms with Crippen LogP contribution in [0.1, 0.15) is 29.0 Å². The lowest BCUT2D eigenvalue weighted by Crippen LogP contribution is -2.17. The molecule has 0 saturated heterocycles. The number of primary amides is 1. The Morgan fingerprint density at radius 2 is 2.00 bits per heavy atom. The standard InChI is InChI=1S/C21H22N4O4S/c1-29-19-10-9-14(12-16(19)21(22)26)30(27,28)24-17-7-3-2-6-15(17)18-13-25-11-5-4-8-20(25)23-18/h2-3,6-7,9-10,12-13,24H,4-5,8,11H2,1H3,(H2,22,26). The number of methoxy groups -OCH3 is 1. The van der Waals surface area contributed by atoms with Crippen molar-refractivity contribution in [2.24, 2.45) is 5.73 Å². The van der Waals surface area contributed by atoms with Gasteiger partial charge in [-0.25, -0.2) is 13.4 Å². The van der Waals surface area contributed by atoms with Crippen LogP contribution < -0.4 is 15.2 Å². The van der Waals surface area contributed by atoms with Gasteiger partial charge in [0.05, 0.1) is 29.0 Å². The molecule has 2 heterocycles. The van der Waals surface area contributed by atoms with E-state index in [0.717, 1.165) is 37.3 Å². The van der Waals surface area contributed by atoms with Crippen molar-refractivity contribution in [3.8, 4) is 17.0 Å². The van der Waals surface area contributed by atoms with Crippen LogP contribution in [0, 0.1) is 0 Å². The van der Waals surface area contributed by atoms with Gasteiger partial charge in [-0.15, -0.1) is 0 Å². The molecule has 9 heteroatoms. The van der Waals surface area contributed by atoms with Crippen LogP contribution in [0.5, 0.6) is 5.75 Å². The predicted octanol–water partition coefficient (Wildman–Crippen LogP) is 2.79. The number of ether oxygens (including phenoxy) is 1. The van der Waals surface area contributed by atoms with Gasteiger partial charge in [0, 0.05) is 24.7 Å². The van der Waals surface area contributed by atoms with Crippen molar-refractivity contribution in [2.45, 2.75) is 30.7 Å². The number of hydrogen-bond acceptors (Lipinski definition) is 5. The van der Waals surface area contributed by atoms with Crippen molar-refractivity contribution in [1.82, 2.24) is 9.55 Å². The summed E-state index contributed by atoms with van der Waals surface area (Å²) in [5.74, 6) is 0.452. The number of carbonyl (C=O) groups is 1. The molecule has 0 saturated carbocycles. The number of para-hydroxylation sites is 1. The smallest absolute Gasteiger partial charge is 0.261 e. The van der Waals surface area contributed by atoms with Crippen LogP contribution in [0.25, 0.3) is 11.3 Å². The van der Waals surface area contributed by atoms with Gasteiger partial charge in [0.15, 0.2) is 0 Å². The summed E-state index contributed by atoms with van der Waals surface area (Å²) in [6.45, 7) is 0.915. The van der Waals surface area contributed by atoms with Crippen molar-refractivity contribution in [3.05, 3.63) is 60.0 Å². The molecule has 1 amide bonds. The van der Waals surface area contributed by atoms with E-state index in [1.165, 1.54) is 25.3 Å². The van der Waals surface area contributed by atoms with Crippen molar-refractivity contribution in [1.29, 1.82) is 0 Å². The molecule has 0 spiro atoms. The highest BCUT2D eigenvalue weighted by molar-refractivity contribution is 7.92. The third-order valence-electron chi connectivity index (χ3n) is 5.10. The fourth-order valence-corrected chi connectivity index (χ4v) is 4.69. The molecule has 1 aliphatic rings. The summed E-state index contributed by atoms with van der Waals surface area (Å²) in [4.78, 5) is 16.3. The molecule has 4 rings (SSSR count). The SMILES string of the molecule is COc1ccc(S(=O)(=O)Nc2ccccc2-c2cn3c(n2)CCCC3)cc1C(N)=O. The fourth-order valence-electron chi connectivity index (χ4n) is 3.59. The second kappa shape index (κ2) is 7.83. The van der Waals surface area contributed by atoms with Crippen molar-refractivity contribution in [2.75, 3.05) is 11.8 Å². The number of sulfonamides is 1. The molecule has 0 atom stereocenters. The van der Waals surface area contributed by atoms with Crippen LogP contribution in [0.4, 0.5) is 5.69 Å². The van der Waals surface area contributed by atoms with E-state index in [-0.39, 0.29) is 16.2 Å². The highest BCUT2D eigenvalue weighted by atomic mass is 32.2. The number of aryl methyl sites for hydroxylation is 2. The van der Waals surface area contributed by atoms with E-state index in [9.17, 15) is 13.2 Å². The molecule has 1 aliphatic heterocycles. The molecule has 30 heavy (non-hydrogen) atoms. The van der Waals surface area contributed by atoms with Crippen LogP contribution in [0.2, 0.25) is 0 Å². The summed E-state index contributed by atoms with van der Waals surface area (Å²) in [7, 11) is -2.59. The third-order valence-corrected chi connectivity index (χ3v) is 6.47. The lowest BCUT2D eigenvalue weighted by Gasteiger charge is -2.13. The number of nitrogens with two attached hydrogens (primary N) is 1. The van der Waals surface area contributed by atoms with Crippen LogP contribution in [-0.4, -0.2) is 31.0 Å². The number of nitrogens with one attached hydrogen (secondary N) is 1. The quantitative estimate of drug-likeness (QED) is 0.629. The topological polar surface area (TPSA) is 116 Å². The van der Waals surface area contributed by atoms with Crippen LogP contribution in [0.3, 0.4) is 0 Å². The average Bonchev–Trinajstić information content (AvgIpc) is 3.17. The number of nitrogens with zero attached hydrogens (tertiary/aromatic N) is 2. The zero-order valence-electron chi connectivity index (χ0n) is 16.5. The minimum atomic E-state index is -3.97. The molecule has 156 valence electrons. The Morgan fingerprint density at radius 1 is 1.20 bits per heavy atom. The van der Waals surface area contributed by atoms with Gasteiger partial charge < -0.3 is 15.0 Å². The zero-order chi connectivity index (χ0) is 21.3. The molecule has 2 aromatic carbocycles. The van der Waals surface area contributed by atoms with Gasteiger partial charge in [-0.1, -0.05) is 18.2 Å². The van der Waals surface area contributed by atoms with E-state index in [0.29, 0.717) is 11.3 Å². The largest absolute Gasteiger partial charge is 0.496 e. The summed E-state index contributed by atoms with van der Waals surface area (Å²) in [5, 5.41) is 0. The second-order valence-corrected chi connectivity index (χ2v) is 8.75. The first-order valence-electron chi connectivity index (χ1n) is 9.55. The van der Waals surface area contributed by atoms with Gasteiger partial charge in [-0.3, -0.25) is 9.52 Å². The lowest BCUT2D eigenvalue weighted by atomic mass is 10.1. The number of rotatable bonds is 6. The first kappa shape index (κ1) is 20.0. The molecule has 0 bridgehead atoms. The molecule has 3 aromatic rings. The molecule has 0 aliphatic carbocycles. The van der Waals surface area contributed by atoms with Crippen molar-refractivity contribution >= 4 is 21.6 Å². The number of amides is 1. The molecule has 0 unspecified atom stereocenters. The van der Waals surface area contributed by atoms with Crippen molar-refractivity contribution < 1.29 is 17.9 Å². The maximum atomic E-state index is 13.0. The number of benzene rings is 2. The minimum absolute atomic E-state index is 0.00423. The number of hydrogen-bond donors (Lipinski definition) is 2. The van der Waals surface area contributed by atoms with E-state index in [1.54, 1.807) is 12.1 Å². The van der Waals surface area contributed by atoms with Crippen LogP contribution in [0.15, 0.2) is 53.6 Å². The van der Waals surface area contributed by atoms with Crippen LogP contribution in [-0.2, 0) is 23.0 Å². The summed E-state index contributed by atoms with van der Waals surface area (Å²) >= 11 is 0. The Balaban J connectivity index is 1.70. The zero-order valence-corrected chi connectivity index (χ0v) is 17.3. The number of anilines is 1. The Kier molecular flexibility index (Phi) is 5.21. The van der Waals surface area contributed by atoms with Crippen molar-refractivity contribution in [3.63, 3.8) is 0 Å². The molecule has 0 radical (unpaired) electrons. The number of imidazole rings is 1. The molecule has 3 N–H and O–H groups in total. The average molecular weight is 426 g/mol. The van der Waals surface area contributed by atoms with Gasteiger partial charge in [-0.05, 0) is 37.1 Å². The summed E-state index contributed by atoms with van der Waals surface area (Å²) < 4.78 is 35.9. The summed E-state index contributed by atoms with van der Waals surface area (Å²) in [6.07, 6.45) is 5.08. The van der Waals surface area contributed by atoms with E-state index in [2.05, 4.69) is 9.29 Å². The number of fused-ring (bicyclic) bond motifs is 1. The molecular weight excluding hydrogens is 404 g/mol. The second-order valence-electron chi connectivity index (χ2n) is 7.07. The Bertz CT molecular complexity index is 1190. The number of carbonyl (C=O) groups excluding carboxylic acids is 1. The highest BCUT2D eigenvalue weighted by Gasteiger charge is 2.21. The predicted molar refractivity (Wildman–Crippen MR) is 113 cm³/mol. The summed E-state index contributed by atoms with van der Waals surface area (Å²) in [5.41, 5.74) is 7.17. The maximum Gasteiger partial charge on any atom is 0.261 e. The molecular formula is C21H22N4O4S. The third kappa shape index (κ3) is 3.76. The lowest BCUT2D eigenvalue weighted by molar-refractivity contribution is 0.0997. The molecule has 1 aromatic heterocycles. The summed E-state index contributed by atoms with van der Waals surface area (Å²) in [6, 6.07) is 11.1. The minimum Gasteiger partial charge on any atom is -0.496 e. The van der Waals surface area contributed by atoms with Gasteiger partial charge in [0.1, 0.15) is 11.6 Å². The normalized spacial score (nSPS) is 13.5. The maximum absolute atomic E-state index is 13.0. The highest BCUT2D eigenvalue weighted by Crippen LogP contribution is 2.31.